The summed E-state index contributed by atoms with van der Waals surface area (Å²) >= 11 is 6.08. The first-order valence-corrected chi connectivity index (χ1v) is 9.52. The lowest BCUT2D eigenvalue weighted by atomic mass is 10.1. The molecule has 2 aliphatic rings. The molecule has 138 valence electrons. The fourth-order valence-corrected chi connectivity index (χ4v) is 3.78. The van der Waals surface area contributed by atoms with E-state index in [4.69, 9.17) is 11.6 Å². The molecule has 2 aliphatic heterocycles. The van der Waals surface area contributed by atoms with Crippen molar-refractivity contribution in [2.75, 3.05) is 44.2 Å². The predicted molar refractivity (Wildman–Crippen MR) is 104 cm³/mol. The fraction of sp³-hybridized carbons (Fsp3) is 0.632. The number of hydrogen-bond acceptors (Lipinski definition) is 3. The highest BCUT2D eigenvalue weighted by atomic mass is 35.5. The second-order valence-corrected chi connectivity index (χ2v) is 8.44. The summed E-state index contributed by atoms with van der Waals surface area (Å²) in [5, 5.41) is 3.97. The standard InChI is InChI=1S/C19H29ClN4O/c1-19(2,3)24-8-7-16(14-24)21-18(25)23-11-9-22(10-12-23)17-6-4-5-15(20)13-17/h4-6,13,16H,7-12,14H2,1-3H3,(H,21,25)/t16-/m1/s1. The van der Waals surface area contributed by atoms with Crippen LogP contribution in [0.15, 0.2) is 24.3 Å². The number of nitrogens with zero attached hydrogens (tertiary/aromatic N) is 3. The highest BCUT2D eigenvalue weighted by molar-refractivity contribution is 6.30. The zero-order valence-corrected chi connectivity index (χ0v) is 16.2. The molecule has 0 radical (unpaired) electrons. The van der Waals surface area contributed by atoms with E-state index in [2.05, 4.69) is 42.0 Å². The third-order valence-corrected chi connectivity index (χ3v) is 5.44. The van der Waals surface area contributed by atoms with E-state index in [1.165, 1.54) is 0 Å². The second kappa shape index (κ2) is 7.42. The minimum absolute atomic E-state index is 0.0755. The van der Waals surface area contributed by atoms with Crippen molar-refractivity contribution >= 4 is 23.3 Å². The molecule has 2 fully saturated rings. The molecule has 0 saturated carbocycles. The van der Waals surface area contributed by atoms with Crippen LogP contribution < -0.4 is 10.2 Å². The van der Waals surface area contributed by atoms with Crippen molar-refractivity contribution in [1.29, 1.82) is 0 Å². The van der Waals surface area contributed by atoms with E-state index >= 15 is 0 Å². The van der Waals surface area contributed by atoms with Crippen LogP contribution in [0.5, 0.6) is 0 Å². The van der Waals surface area contributed by atoms with Crippen LogP contribution in [0.1, 0.15) is 27.2 Å². The Balaban J connectivity index is 1.47. The van der Waals surface area contributed by atoms with Gasteiger partial charge < -0.3 is 15.1 Å². The van der Waals surface area contributed by atoms with E-state index in [-0.39, 0.29) is 17.6 Å². The van der Waals surface area contributed by atoms with E-state index < -0.39 is 0 Å². The van der Waals surface area contributed by atoms with Crippen LogP contribution >= 0.6 is 11.6 Å². The van der Waals surface area contributed by atoms with Gasteiger partial charge in [-0.05, 0) is 45.4 Å². The smallest absolute Gasteiger partial charge is 0.317 e. The van der Waals surface area contributed by atoms with Gasteiger partial charge in [-0.3, -0.25) is 4.90 Å². The maximum atomic E-state index is 12.6. The number of benzene rings is 1. The quantitative estimate of drug-likeness (QED) is 0.876. The molecule has 0 bridgehead atoms. The van der Waals surface area contributed by atoms with Crippen molar-refractivity contribution in [2.45, 2.75) is 38.8 Å². The van der Waals surface area contributed by atoms with Gasteiger partial charge in [-0.25, -0.2) is 4.79 Å². The number of carbonyl (C=O) groups excluding carboxylic acids is 1. The summed E-state index contributed by atoms with van der Waals surface area (Å²) in [6.07, 6.45) is 1.03. The molecule has 0 aromatic heterocycles. The second-order valence-electron chi connectivity index (χ2n) is 8.01. The van der Waals surface area contributed by atoms with Crippen LogP contribution in [0.4, 0.5) is 10.5 Å². The van der Waals surface area contributed by atoms with Gasteiger partial charge in [-0.2, -0.15) is 0 Å². The van der Waals surface area contributed by atoms with Crippen molar-refractivity contribution in [3.63, 3.8) is 0 Å². The monoisotopic (exact) mass is 364 g/mol. The average molecular weight is 365 g/mol. The highest BCUT2D eigenvalue weighted by Gasteiger charge is 2.32. The molecular weight excluding hydrogens is 336 g/mol. The first kappa shape index (κ1) is 18.3. The Hall–Kier alpha value is -1.46. The SMILES string of the molecule is CC(C)(C)N1CC[C@@H](NC(=O)N2CCN(c3cccc(Cl)c3)CC2)C1. The number of likely N-dealkylation sites (tertiary alicyclic amines) is 1. The van der Waals surface area contributed by atoms with E-state index in [1.807, 2.05) is 23.1 Å². The van der Waals surface area contributed by atoms with Gasteiger partial charge in [0.15, 0.2) is 0 Å². The van der Waals surface area contributed by atoms with Gasteiger partial charge >= 0.3 is 6.03 Å². The number of anilines is 1. The summed E-state index contributed by atoms with van der Waals surface area (Å²) in [6, 6.07) is 8.25. The van der Waals surface area contributed by atoms with Gasteiger partial charge in [0.1, 0.15) is 0 Å². The van der Waals surface area contributed by atoms with Crippen molar-refractivity contribution in [3.8, 4) is 0 Å². The summed E-state index contributed by atoms with van der Waals surface area (Å²) in [5.74, 6) is 0. The summed E-state index contributed by atoms with van der Waals surface area (Å²) in [6.45, 7) is 11.8. The van der Waals surface area contributed by atoms with E-state index in [1.54, 1.807) is 0 Å². The van der Waals surface area contributed by atoms with Gasteiger partial charge in [0.05, 0.1) is 0 Å². The Kier molecular flexibility index (Phi) is 5.44. The molecule has 5 nitrogen and oxygen atoms in total. The molecule has 0 spiro atoms. The fourth-order valence-electron chi connectivity index (χ4n) is 3.59. The molecule has 1 N–H and O–H groups in total. The number of amides is 2. The van der Waals surface area contributed by atoms with Crippen molar-refractivity contribution in [2.24, 2.45) is 0 Å². The molecule has 6 heteroatoms. The van der Waals surface area contributed by atoms with Crippen LogP contribution in [0, 0.1) is 0 Å². The first-order chi connectivity index (χ1) is 11.8. The molecule has 2 saturated heterocycles. The van der Waals surface area contributed by atoms with Crippen LogP contribution in [0.2, 0.25) is 5.02 Å². The molecule has 25 heavy (non-hydrogen) atoms. The number of piperazine rings is 1. The predicted octanol–water partition coefficient (Wildman–Crippen LogP) is 3.04. The number of urea groups is 1. The van der Waals surface area contributed by atoms with Gasteiger partial charge in [-0.1, -0.05) is 17.7 Å². The van der Waals surface area contributed by atoms with Gasteiger partial charge in [0.25, 0.3) is 0 Å². The van der Waals surface area contributed by atoms with Crippen molar-refractivity contribution < 1.29 is 4.79 Å². The molecule has 2 heterocycles. The van der Waals surface area contributed by atoms with E-state index in [0.717, 1.165) is 56.4 Å². The zero-order valence-electron chi connectivity index (χ0n) is 15.5. The summed E-state index contributed by atoms with van der Waals surface area (Å²) in [7, 11) is 0. The Morgan fingerprint density at radius 2 is 1.88 bits per heavy atom. The summed E-state index contributed by atoms with van der Waals surface area (Å²) < 4.78 is 0. The van der Waals surface area contributed by atoms with Gasteiger partial charge in [0, 0.05) is 61.6 Å². The van der Waals surface area contributed by atoms with Crippen LogP contribution in [0.3, 0.4) is 0 Å². The minimum Gasteiger partial charge on any atom is -0.368 e. The Morgan fingerprint density at radius 1 is 1.16 bits per heavy atom. The number of hydrogen-bond donors (Lipinski definition) is 1. The largest absolute Gasteiger partial charge is 0.368 e. The molecule has 3 rings (SSSR count). The molecule has 2 amide bonds. The minimum atomic E-state index is 0.0755. The number of nitrogens with one attached hydrogen (secondary N) is 1. The molecule has 1 aromatic carbocycles. The Morgan fingerprint density at radius 3 is 2.48 bits per heavy atom. The number of halogens is 1. The number of rotatable bonds is 2. The maximum Gasteiger partial charge on any atom is 0.317 e. The molecule has 0 unspecified atom stereocenters. The Labute approximate surface area is 155 Å². The molecular formula is C19H29ClN4O. The Bertz CT molecular complexity index is 608. The normalized spacial score (nSPS) is 22.3. The third-order valence-electron chi connectivity index (χ3n) is 5.20. The van der Waals surface area contributed by atoms with Crippen LogP contribution in [-0.2, 0) is 0 Å². The topological polar surface area (TPSA) is 38.8 Å². The van der Waals surface area contributed by atoms with Gasteiger partial charge in [0.2, 0.25) is 0 Å². The summed E-state index contributed by atoms with van der Waals surface area (Å²) in [4.78, 5) is 19.2. The average Bonchev–Trinajstić information content (AvgIpc) is 3.04. The maximum absolute atomic E-state index is 12.6. The molecule has 1 atom stereocenters. The van der Waals surface area contributed by atoms with E-state index in [0.29, 0.717) is 0 Å². The lowest BCUT2D eigenvalue weighted by molar-refractivity contribution is 0.166. The van der Waals surface area contributed by atoms with Crippen molar-refractivity contribution in [3.05, 3.63) is 29.3 Å². The molecule has 0 aliphatic carbocycles. The van der Waals surface area contributed by atoms with Crippen molar-refractivity contribution in [1.82, 2.24) is 15.1 Å². The van der Waals surface area contributed by atoms with Gasteiger partial charge in [-0.15, -0.1) is 0 Å². The summed E-state index contributed by atoms with van der Waals surface area (Å²) in [5.41, 5.74) is 1.30. The lowest BCUT2D eigenvalue weighted by Gasteiger charge is -2.36. The number of carbonyl (C=O) groups is 1. The third kappa shape index (κ3) is 4.59. The lowest BCUT2D eigenvalue weighted by Crippen LogP contribution is -2.54. The van der Waals surface area contributed by atoms with Crippen LogP contribution in [0.25, 0.3) is 0 Å². The first-order valence-electron chi connectivity index (χ1n) is 9.14. The van der Waals surface area contributed by atoms with E-state index in [9.17, 15) is 4.79 Å². The highest BCUT2D eigenvalue weighted by Crippen LogP contribution is 2.22. The molecule has 1 aromatic rings. The van der Waals surface area contributed by atoms with Crippen LogP contribution in [-0.4, -0.2) is 66.7 Å². The zero-order chi connectivity index (χ0) is 18.0.